The zero-order valence-electron chi connectivity index (χ0n) is 8.29. The van der Waals surface area contributed by atoms with Crippen LogP contribution in [-0.2, 0) is 10.0 Å². The average molecular weight is 242 g/mol. The van der Waals surface area contributed by atoms with E-state index in [-0.39, 0.29) is 22.4 Å². The number of ether oxygens (including phenoxy) is 1. The molecule has 7 heteroatoms. The van der Waals surface area contributed by atoms with Crippen molar-refractivity contribution in [3.63, 3.8) is 0 Å². The van der Waals surface area contributed by atoms with Gasteiger partial charge in [-0.2, -0.15) is 0 Å². The molecule has 0 saturated heterocycles. The molecule has 1 aliphatic rings. The Labute approximate surface area is 92.5 Å². The summed E-state index contributed by atoms with van der Waals surface area (Å²) in [5.74, 6) is 0.107. The molecule has 1 heterocycles. The molecular formula is C9H10N2O4S. The Morgan fingerprint density at radius 1 is 1.50 bits per heavy atom. The molecule has 0 amide bonds. The van der Waals surface area contributed by atoms with E-state index in [9.17, 15) is 13.2 Å². The van der Waals surface area contributed by atoms with E-state index in [1.807, 2.05) is 0 Å². The van der Waals surface area contributed by atoms with Gasteiger partial charge >= 0.3 is 0 Å². The van der Waals surface area contributed by atoms with Gasteiger partial charge in [-0.25, -0.2) is 18.5 Å². The first-order chi connectivity index (χ1) is 7.50. The molecule has 1 aromatic rings. The van der Waals surface area contributed by atoms with Gasteiger partial charge in [0.05, 0.1) is 12.3 Å². The van der Waals surface area contributed by atoms with Crippen molar-refractivity contribution in [2.24, 2.45) is 5.14 Å². The van der Waals surface area contributed by atoms with Crippen LogP contribution in [-0.4, -0.2) is 25.8 Å². The normalized spacial score (nSPS) is 15.8. The molecule has 0 atom stereocenters. The van der Waals surface area contributed by atoms with E-state index in [2.05, 4.69) is 4.98 Å². The van der Waals surface area contributed by atoms with E-state index in [1.54, 1.807) is 0 Å². The summed E-state index contributed by atoms with van der Waals surface area (Å²) in [6.07, 6.45) is 3.47. The smallest absolute Gasteiger partial charge is 0.241 e. The lowest BCUT2D eigenvalue weighted by Crippen LogP contribution is -2.15. The third-order valence-corrected chi connectivity index (χ3v) is 3.03. The molecule has 1 aromatic heterocycles. The first-order valence-corrected chi connectivity index (χ1v) is 6.20. The lowest BCUT2D eigenvalue weighted by atomic mass is 10.3. The Bertz CT molecular complexity index is 522. The van der Waals surface area contributed by atoms with Crippen molar-refractivity contribution < 1.29 is 17.9 Å². The van der Waals surface area contributed by atoms with E-state index >= 15 is 0 Å². The predicted molar refractivity (Wildman–Crippen MR) is 54.6 cm³/mol. The van der Waals surface area contributed by atoms with Crippen LogP contribution in [0.1, 0.15) is 23.3 Å². The maximum absolute atomic E-state index is 11.3. The van der Waals surface area contributed by atoms with Gasteiger partial charge in [0.2, 0.25) is 10.0 Å². The van der Waals surface area contributed by atoms with Crippen LogP contribution in [0.2, 0.25) is 0 Å². The number of carbonyl (C=O) groups excluding carboxylic acids is 1. The lowest BCUT2D eigenvalue weighted by Gasteiger charge is -2.08. The van der Waals surface area contributed by atoms with Crippen molar-refractivity contribution in [3.8, 4) is 5.75 Å². The van der Waals surface area contributed by atoms with Gasteiger partial charge in [-0.05, 0) is 18.9 Å². The number of aromatic nitrogens is 1. The highest BCUT2D eigenvalue weighted by molar-refractivity contribution is 7.89. The molecule has 0 spiro atoms. The fourth-order valence-corrected chi connectivity index (χ4v) is 1.85. The molecule has 2 rings (SSSR count). The zero-order valence-corrected chi connectivity index (χ0v) is 9.11. The molecule has 2 N–H and O–H groups in total. The molecule has 6 nitrogen and oxygen atoms in total. The fraction of sp³-hybridized carbons (Fsp3) is 0.333. The van der Waals surface area contributed by atoms with E-state index in [1.165, 1.54) is 6.20 Å². The quantitative estimate of drug-likeness (QED) is 0.754. The molecule has 0 aliphatic heterocycles. The van der Waals surface area contributed by atoms with Crippen molar-refractivity contribution in [3.05, 3.63) is 18.0 Å². The van der Waals surface area contributed by atoms with Crippen LogP contribution in [0.3, 0.4) is 0 Å². The van der Waals surface area contributed by atoms with Crippen molar-refractivity contribution in [1.82, 2.24) is 4.98 Å². The number of pyridine rings is 1. The summed E-state index contributed by atoms with van der Waals surface area (Å²) in [7, 11) is -3.91. The molecule has 0 bridgehead atoms. The number of carbonyl (C=O) groups is 1. The first-order valence-electron chi connectivity index (χ1n) is 4.65. The minimum absolute atomic E-state index is 0.00664. The van der Waals surface area contributed by atoms with Gasteiger partial charge in [0, 0.05) is 0 Å². The van der Waals surface area contributed by atoms with Crippen LogP contribution in [0.5, 0.6) is 5.75 Å². The number of nitrogens with zero attached hydrogens (tertiary/aromatic N) is 1. The number of hydrogen-bond acceptors (Lipinski definition) is 5. The van der Waals surface area contributed by atoms with Gasteiger partial charge < -0.3 is 4.74 Å². The Morgan fingerprint density at radius 3 is 2.69 bits per heavy atom. The molecule has 0 unspecified atom stereocenters. The second-order valence-corrected chi connectivity index (χ2v) is 5.07. The highest BCUT2D eigenvalue weighted by Crippen LogP contribution is 2.30. The van der Waals surface area contributed by atoms with Gasteiger partial charge in [0.1, 0.15) is 10.6 Å². The monoisotopic (exact) mass is 242 g/mol. The van der Waals surface area contributed by atoms with Gasteiger partial charge in [-0.3, -0.25) is 4.79 Å². The lowest BCUT2D eigenvalue weighted by molar-refractivity contribution is 0.111. The maximum atomic E-state index is 11.3. The van der Waals surface area contributed by atoms with Gasteiger partial charge in [-0.1, -0.05) is 0 Å². The summed E-state index contributed by atoms with van der Waals surface area (Å²) in [5, 5.41) is 5.03. The van der Waals surface area contributed by atoms with Crippen LogP contribution in [0.4, 0.5) is 0 Å². The van der Waals surface area contributed by atoms with Crippen LogP contribution < -0.4 is 9.88 Å². The van der Waals surface area contributed by atoms with Crippen molar-refractivity contribution in [1.29, 1.82) is 0 Å². The molecular weight excluding hydrogens is 232 g/mol. The number of primary sulfonamides is 1. The van der Waals surface area contributed by atoms with E-state index in [0.717, 1.165) is 18.9 Å². The van der Waals surface area contributed by atoms with Crippen molar-refractivity contribution in [2.75, 3.05) is 0 Å². The summed E-state index contributed by atoms with van der Waals surface area (Å²) in [6, 6.07) is 1.11. The van der Waals surface area contributed by atoms with Crippen LogP contribution in [0.25, 0.3) is 0 Å². The minimum atomic E-state index is -3.91. The maximum Gasteiger partial charge on any atom is 0.241 e. The Morgan fingerprint density at radius 2 is 2.19 bits per heavy atom. The summed E-state index contributed by atoms with van der Waals surface area (Å²) >= 11 is 0. The molecule has 0 radical (unpaired) electrons. The summed E-state index contributed by atoms with van der Waals surface area (Å²) in [4.78, 5) is 14.0. The van der Waals surface area contributed by atoms with Crippen LogP contribution >= 0.6 is 0 Å². The van der Waals surface area contributed by atoms with Gasteiger partial charge in [0.15, 0.2) is 12.0 Å². The predicted octanol–water partition coefficient (Wildman–Crippen LogP) is 0.0827. The number of nitrogens with two attached hydrogens (primary N) is 1. The van der Waals surface area contributed by atoms with Crippen molar-refractivity contribution >= 4 is 16.3 Å². The SMILES string of the molecule is NS(=O)(=O)c1cc(C=O)ncc1OC1CC1. The largest absolute Gasteiger partial charge is 0.487 e. The number of aldehydes is 1. The van der Waals surface area contributed by atoms with Crippen LogP contribution in [0.15, 0.2) is 17.2 Å². The molecule has 1 fully saturated rings. The minimum Gasteiger partial charge on any atom is -0.487 e. The topological polar surface area (TPSA) is 99.4 Å². The Balaban J connectivity index is 2.45. The van der Waals surface area contributed by atoms with Crippen molar-refractivity contribution in [2.45, 2.75) is 23.8 Å². The molecule has 86 valence electrons. The van der Waals surface area contributed by atoms with Gasteiger partial charge in [0.25, 0.3) is 0 Å². The highest BCUT2D eigenvalue weighted by Gasteiger charge is 2.27. The van der Waals surface area contributed by atoms with Crippen LogP contribution in [0, 0.1) is 0 Å². The standard InChI is InChI=1S/C9H10N2O4S/c10-16(13,14)9-3-6(5-12)11-4-8(9)15-7-1-2-7/h3-5,7H,1-2H2,(H2,10,13,14). The first kappa shape index (κ1) is 11.0. The highest BCUT2D eigenvalue weighted by atomic mass is 32.2. The summed E-state index contributed by atoms with van der Waals surface area (Å²) in [6.45, 7) is 0. The summed E-state index contributed by atoms with van der Waals surface area (Å²) < 4.78 is 27.9. The third-order valence-electron chi connectivity index (χ3n) is 2.10. The fourth-order valence-electron chi connectivity index (χ4n) is 1.18. The number of sulfonamides is 1. The van der Waals surface area contributed by atoms with E-state index < -0.39 is 10.0 Å². The molecule has 0 aromatic carbocycles. The Kier molecular flexibility index (Phi) is 2.64. The molecule has 1 aliphatic carbocycles. The average Bonchev–Trinajstić information content (AvgIpc) is 3.01. The van der Waals surface area contributed by atoms with E-state index in [0.29, 0.717) is 6.29 Å². The second kappa shape index (κ2) is 3.84. The molecule has 16 heavy (non-hydrogen) atoms. The Hall–Kier alpha value is -1.47. The van der Waals surface area contributed by atoms with Gasteiger partial charge in [-0.15, -0.1) is 0 Å². The number of hydrogen-bond donors (Lipinski definition) is 1. The third kappa shape index (κ3) is 2.37. The molecule has 1 saturated carbocycles. The zero-order chi connectivity index (χ0) is 11.8. The summed E-state index contributed by atoms with van der Waals surface area (Å²) in [5.41, 5.74) is 0.00664. The van der Waals surface area contributed by atoms with E-state index in [4.69, 9.17) is 9.88 Å². The second-order valence-electron chi connectivity index (χ2n) is 3.54. The number of rotatable bonds is 4.